The van der Waals surface area contributed by atoms with Gasteiger partial charge >= 0.3 is 5.97 Å². The van der Waals surface area contributed by atoms with E-state index in [4.69, 9.17) is 0 Å². The van der Waals surface area contributed by atoms with Crippen LogP contribution in [-0.4, -0.2) is 21.3 Å². The molecule has 24 heavy (non-hydrogen) atoms. The van der Waals surface area contributed by atoms with E-state index in [2.05, 4.69) is 6.92 Å². The molecule has 0 aliphatic rings. The van der Waals surface area contributed by atoms with Crippen LogP contribution in [0.4, 0.5) is 0 Å². The summed E-state index contributed by atoms with van der Waals surface area (Å²) in [6.07, 6.45) is 6.83. The molecular weight excluding hydrogens is 304 g/mol. The lowest BCUT2D eigenvalue weighted by Crippen LogP contribution is -1.98. The van der Waals surface area contributed by atoms with Crippen LogP contribution in [0.5, 0.6) is 11.5 Å². The molecule has 4 heteroatoms. The van der Waals surface area contributed by atoms with Gasteiger partial charge < -0.3 is 15.3 Å². The van der Waals surface area contributed by atoms with Crippen LogP contribution in [0.25, 0.3) is 11.1 Å². The molecule has 128 valence electrons. The minimum absolute atomic E-state index is 0.289. The van der Waals surface area contributed by atoms with Crippen molar-refractivity contribution in [2.24, 2.45) is 0 Å². The number of unbranched alkanes of at least 4 members (excludes halogenated alkanes) is 4. The average Bonchev–Trinajstić information content (AvgIpc) is 2.57. The fourth-order valence-corrected chi connectivity index (χ4v) is 2.88. The van der Waals surface area contributed by atoms with Gasteiger partial charge in [0.2, 0.25) is 0 Å². The molecule has 0 amide bonds. The van der Waals surface area contributed by atoms with Gasteiger partial charge in [0.1, 0.15) is 5.56 Å². The van der Waals surface area contributed by atoms with E-state index in [-0.39, 0.29) is 5.56 Å². The standard InChI is InChI=1S/C20H24O4/c1-2-3-4-5-6-9-14-10-7-8-11-16(14)15-12-17(20(23)24)19(22)18(21)13-15/h7-8,10-13,21-22H,2-6,9H2,1H3,(H,23,24). The first kappa shape index (κ1) is 17.9. The number of benzene rings is 2. The lowest BCUT2D eigenvalue weighted by Gasteiger charge is -2.12. The molecule has 2 rings (SSSR count). The van der Waals surface area contributed by atoms with Crippen LogP contribution < -0.4 is 0 Å². The molecule has 0 bridgehead atoms. The molecule has 0 heterocycles. The molecule has 0 saturated heterocycles. The van der Waals surface area contributed by atoms with Crippen molar-refractivity contribution in [3.63, 3.8) is 0 Å². The van der Waals surface area contributed by atoms with E-state index in [1.165, 1.54) is 37.8 Å². The van der Waals surface area contributed by atoms with Gasteiger partial charge in [0.15, 0.2) is 11.5 Å². The summed E-state index contributed by atoms with van der Waals surface area (Å²) in [7, 11) is 0. The number of aromatic carboxylic acids is 1. The molecule has 0 radical (unpaired) electrons. The normalized spacial score (nSPS) is 10.7. The Kier molecular flexibility index (Phi) is 6.24. The largest absolute Gasteiger partial charge is 0.504 e. The van der Waals surface area contributed by atoms with E-state index in [1.807, 2.05) is 24.3 Å². The smallest absolute Gasteiger partial charge is 0.339 e. The van der Waals surface area contributed by atoms with Gasteiger partial charge in [-0.3, -0.25) is 0 Å². The van der Waals surface area contributed by atoms with E-state index in [9.17, 15) is 20.1 Å². The molecule has 0 atom stereocenters. The highest BCUT2D eigenvalue weighted by Gasteiger charge is 2.17. The number of hydrogen-bond donors (Lipinski definition) is 3. The molecule has 0 unspecified atom stereocenters. The highest BCUT2D eigenvalue weighted by atomic mass is 16.4. The predicted molar refractivity (Wildman–Crippen MR) is 94.6 cm³/mol. The number of hydrogen-bond acceptors (Lipinski definition) is 3. The predicted octanol–water partition coefficient (Wildman–Crippen LogP) is 4.98. The van der Waals surface area contributed by atoms with Crippen LogP contribution in [0.2, 0.25) is 0 Å². The van der Waals surface area contributed by atoms with Crippen molar-refractivity contribution in [3.05, 3.63) is 47.5 Å². The number of carbonyl (C=O) groups is 1. The zero-order valence-electron chi connectivity index (χ0n) is 14.0. The van der Waals surface area contributed by atoms with Crippen molar-refractivity contribution < 1.29 is 20.1 Å². The minimum atomic E-state index is -1.26. The summed E-state index contributed by atoms with van der Waals surface area (Å²) in [6, 6.07) is 10.6. The maximum Gasteiger partial charge on any atom is 0.339 e. The van der Waals surface area contributed by atoms with E-state index in [0.717, 1.165) is 24.0 Å². The Hall–Kier alpha value is -2.49. The third kappa shape index (κ3) is 4.28. The van der Waals surface area contributed by atoms with Crippen LogP contribution in [0.1, 0.15) is 54.9 Å². The van der Waals surface area contributed by atoms with Crippen LogP contribution in [0, 0.1) is 0 Å². The molecule has 3 N–H and O–H groups in total. The highest BCUT2D eigenvalue weighted by Crippen LogP contribution is 2.36. The maximum absolute atomic E-state index is 11.2. The summed E-state index contributed by atoms with van der Waals surface area (Å²) in [5.41, 5.74) is 2.33. The molecule has 0 aliphatic carbocycles. The summed E-state index contributed by atoms with van der Waals surface area (Å²) in [5, 5.41) is 28.7. The van der Waals surface area contributed by atoms with Gasteiger partial charge in [-0.15, -0.1) is 0 Å². The zero-order chi connectivity index (χ0) is 17.5. The Bertz CT molecular complexity index is 707. The molecule has 2 aromatic rings. The van der Waals surface area contributed by atoms with Crippen molar-refractivity contribution in [2.45, 2.75) is 45.4 Å². The first-order chi connectivity index (χ1) is 11.5. The fraction of sp³-hybridized carbons (Fsp3) is 0.350. The summed E-state index contributed by atoms with van der Waals surface area (Å²) >= 11 is 0. The van der Waals surface area contributed by atoms with Crippen LogP contribution in [0.3, 0.4) is 0 Å². The molecule has 0 saturated carbocycles. The van der Waals surface area contributed by atoms with Crippen molar-refractivity contribution >= 4 is 5.97 Å². The SMILES string of the molecule is CCCCCCCc1ccccc1-c1cc(O)c(O)c(C(=O)O)c1. The molecular formula is C20H24O4. The van der Waals surface area contributed by atoms with Gasteiger partial charge in [0.25, 0.3) is 0 Å². The summed E-state index contributed by atoms with van der Waals surface area (Å²) < 4.78 is 0. The summed E-state index contributed by atoms with van der Waals surface area (Å²) in [4.78, 5) is 11.2. The second-order valence-electron chi connectivity index (χ2n) is 6.02. The van der Waals surface area contributed by atoms with Gasteiger partial charge in [-0.25, -0.2) is 4.79 Å². The van der Waals surface area contributed by atoms with Crippen LogP contribution in [0.15, 0.2) is 36.4 Å². The summed E-state index contributed by atoms with van der Waals surface area (Å²) in [6.45, 7) is 2.19. The number of aromatic hydroxyl groups is 2. The Morgan fingerprint density at radius 1 is 1.00 bits per heavy atom. The van der Waals surface area contributed by atoms with Gasteiger partial charge in [0, 0.05) is 0 Å². The molecule has 4 nitrogen and oxygen atoms in total. The summed E-state index contributed by atoms with van der Waals surface area (Å²) in [5.74, 6) is -2.27. The van der Waals surface area contributed by atoms with Gasteiger partial charge in [0.05, 0.1) is 0 Å². The third-order valence-corrected chi connectivity index (χ3v) is 4.20. The van der Waals surface area contributed by atoms with Gasteiger partial charge in [-0.05, 0) is 41.7 Å². The minimum Gasteiger partial charge on any atom is -0.504 e. The molecule has 0 spiro atoms. The maximum atomic E-state index is 11.2. The number of carboxylic acid groups (broad SMARTS) is 1. The molecule has 0 aromatic heterocycles. The Balaban J connectivity index is 2.27. The van der Waals surface area contributed by atoms with Crippen LogP contribution in [-0.2, 0) is 6.42 Å². The third-order valence-electron chi connectivity index (χ3n) is 4.20. The van der Waals surface area contributed by atoms with E-state index < -0.39 is 17.5 Å². The van der Waals surface area contributed by atoms with Crippen molar-refractivity contribution in [1.82, 2.24) is 0 Å². The van der Waals surface area contributed by atoms with E-state index in [1.54, 1.807) is 0 Å². The lowest BCUT2D eigenvalue weighted by atomic mass is 9.94. The second-order valence-corrected chi connectivity index (χ2v) is 6.02. The molecule has 0 fully saturated rings. The van der Waals surface area contributed by atoms with Gasteiger partial charge in [-0.2, -0.15) is 0 Å². The number of rotatable bonds is 8. The monoisotopic (exact) mass is 328 g/mol. The number of phenols is 2. The fourth-order valence-electron chi connectivity index (χ4n) is 2.88. The lowest BCUT2D eigenvalue weighted by molar-refractivity contribution is 0.0693. The highest BCUT2D eigenvalue weighted by molar-refractivity contribution is 5.94. The first-order valence-corrected chi connectivity index (χ1v) is 8.42. The van der Waals surface area contributed by atoms with E-state index >= 15 is 0 Å². The Morgan fingerprint density at radius 2 is 1.71 bits per heavy atom. The van der Waals surface area contributed by atoms with Gasteiger partial charge in [-0.1, -0.05) is 56.9 Å². The Labute approximate surface area is 142 Å². The molecule has 2 aromatic carbocycles. The second kappa shape index (κ2) is 8.39. The number of carboxylic acids is 1. The van der Waals surface area contributed by atoms with Crippen molar-refractivity contribution in [3.8, 4) is 22.6 Å². The number of phenolic OH excluding ortho intramolecular Hbond substituents is 1. The van der Waals surface area contributed by atoms with E-state index in [0.29, 0.717) is 5.56 Å². The zero-order valence-corrected chi connectivity index (χ0v) is 14.0. The number of aryl methyl sites for hydroxylation is 1. The average molecular weight is 328 g/mol. The first-order valence-electron chi connectivity index (χ1n) is 8.42. The van der Waals surface area contributed by atoms with Crippen molar-refractivity contribution in [1.29, 1.82) is 0 Å². The van der Waals surface area contributed by atoms with Crippen LogP contribution >= 0.6 is 0 Å². The quantitative estimate of drug-likeness (QED) is 0.472. The topological polar surface area (TPSA) is 77.8 Å². The molecule has 0 aliphatic heterocycles. The van der Waals surface area contributed by atoms with Crippen molar-refractivity contribution in [2.75, 3.05) is 0 Å². The Morgan fingerprint density at radius 3 is 2.42 bits per heavy atom.